The van der Waals surface area contributed by atoms with Crippen molar-refractivity contribution in [1.29, 1.82) is 0 Å². The molecule has 0 unspecified atom stereocenters. The van der Waals surface area contributed by atoms with Gasteiger partial charge in [0, 0.05) is 30.1 Å². The smallest absolute Gasteiger partial charge is 0.305 e. The van der Waals surface area contributed by atoms with Crippen LogP contribution in [0.5, 0.6) is 0 Å². The second-order valence-electron chi connectivity index (χ2n) is 7.40. The lowest BCUT2D eigenvalue weighted by Gasteiger charge is -2.20. The predicted octanol–water partition coefficient (Wildman–Crippen LogP) is 4.06. The molecule has 1 fully saturated rings. The molecule has 2 rings (SSSR count). The maximum Gasteiger partial charge on any atom is 0.305 e. The van der Waals surface area contributed by atoms with E-state index in [9.17, 15) is 14.4 Å². The molecule has 6 heteroatoms. The Morgan fingerprint density at radius 3 is 2.54 bits per heavy atom. The fraction of sp³-hybridized carbons (Fsp3) is 0.591. The van der Waals surface area contributed by atoms with Crippen molar-refractivity contribution in [3.63, 3.8) is 0 Å². The second kappa shape index (κ2) is 12.2. The van der Waals surface area contributed by atoms with Gasteiger partial charge in [-0.15, -0.1) is 0 Å². The molecule has 0 radical (unpaired) electrons. The van der Waals surface area contributed by atoms with Crippen molar-refractivity contribution in [3.8, 4) is 0 Å². The van der Waals surface area contributed by atoms with E-state index >= 15 is 0 Å². The molecule has 0 heterocycles. The molecule has 0 bridgehead atoms. The van der Waals surface area contributed by atoms with E-state index in [1.807, 2.05) is 6.07 Å². The number of rotatable bonds is 10. The molecule has 1 aliphatic rings. The first-order valence-electron chi connectivity index (χ1n) is 10.4. The number of ether oxygens (including phenoxy) is 1. The topological polar surface area (TPSA) is 84.5 Å². The Hall–Kier alpha value is -2.37. The van der Waals surface area contributed by atoms with Crippen molar-refractivity contribution in [2.75, 3.05) is 19.0 Å². The summed E-state index contributed by atoms with van der Waals surface area (Å²) in [5, 5.41) is 5.86. The highest BCUT2D eigenvalue weighted by atomic mass is 16.5. The van der Waals surface area contributed by atoms with Gasteiger partial charge in [-0.05, 0) is 43.9 Å². The van der Waals surface area contributed by atoms with Gasteiger partial charge in [0.15, 0.2) is 0 Å². The number of hydrogen-bond donors (Lipinski definition) is 2. The fourth-order valence-corrected chi connectivity index (χ4v) is 3.50. The van der Waals surface area contributed by atoms with E-state index in [0.717, 1.165) is 51.4 Å². The third kappa shape index (κ3) is 7.71. The lowest BCUT2D eigenvalue weighted by molar-refractivity contribution is -0.140. The van der Waals surface area contributed by atoms with Crippen LogP contribution in [0, 0.1) is 5.92 Å². The normalized spacial score (nSPS) is 14.3. The summed E-state index contributed by atoms with van der Waals surface area (Å²) in [6, 6.07) is 7.09. The van der Waals surface area contributed by atoms with Crippen molar-refractivity contribution in [2.45, 2.75) is 64.2 Å². The summed E-state index contributed by atoms with van der Waals surface area (Å²) in [7, 11) is 1.40. The van der Waals surface area contributed by atoms with E-state index in [-0.39, 0.29) is 23.7 Å². The number of unbranched alkanes of at least 4 members (excludes halogenated alkanes) is 3. The average Bonchev–Trinajstić information content (AvgIpc) is 2.73. The minimum absolute atomic E-state index is 0.0595. The SMILES string of the molecule is COC(=O)CCCCCCNC(=O)c1cccc(NC(=O)C2CCCCC2)c1. The number of carbonyl (C=O) groups is 3. The Balaban J connectivity index is 1.69. The Morgan fingerprint density at radius 1 is 1.04 bits per heavy atom. The number of benzene rings is 1. The molecule has 0 spiro atoms. The Morgan fingerprint density at radius 2 is 1.79 bits per heavy atom. The predicted molar refractivity (Wildman–Crippen MR) is 109 cm³/mol. The summed E-state index contributed by atoms with van der Waals surface area (Å²) < 4.78 is 4.60. The standard InChI is InChI=1S/C22H32N2O4/c1-28-20(25)14-7-2-3-8-15-23-21(26)18-12-9-13-19(16-18)24-22(27)17-10-5-4-6-11-17/h9,12-13,16-17H,2-8,10-11,14-15H2,1H3,(H,23,26)(H,24,27). The molecule has 2 N–H and O–H groups in total. The Labute approximate surface area is 167 Å². The van der Waals surface area contributed by atoms with Crippen molar-refractivity contribution in [1.82, 2.24) is 5.32 Å². The van der Waals surface area contributed by atoms with Crippen molar-refractivity contribution in [3.05, 3.63) is 29.8 Å². The monoisotopic (exact) mass is 388 g/mol. The minimum atomic E-state index is -0.177. The summed E-state index contributed by atoms with van der Waals surface area (Å²) >= 11 is 0. The van der Waals surface area contributed by atoms with Crippen LogP contribution in [0.4, 0.5) is 5.69 Å². The first-order valence-corrected chi connectivity index (χ1v) is 10.4. The van der Waals surface area contributed by atoms with E-state index < -0.39 is 0 Å². The van der Waals surface area contributed by atoms with Gasteiger partial charge in [-0.25, -0.2) is 0 Å². The number of anilines is 1. The van der Waals surface area contributed by atoms with Crippen LogP contribution in [0.1, 0.15) is 74.6 Å². The Bertz CT molecular complexity index is 654. The highest BCUT2D eigenvalue weighted by Gasteiger charge is 2.21. The van der Waals surface area contributed by atoms with Crippen molar-refractivity contribution >= 4 is 23.5 Å². The van der Waals surface area contributed by atoms with E-state index in [0.29, 0.717) is 24.2 Å². The average molecular weight is 389 g/mol. The van der Waals surface area contributed by atoms with Gasteiger partial charge < -0.3 is 15.4 Å². The first-order chi connectivity index (χ1) is 13.6. The summed E-state index contributed by atoms with van der Waals surface area (Å²) in [6.45, 7) is 0.593. The number of esters is 1. The first kappa shape index (κ1) is 21.9. The quantitative estimate of drug-likeness (QED) is 0.468. The van der Waals surface area contributed by atoms with Gasteiger partial charge in [0.25, 0.3) is 5.91 Å². The zero-order valence-corrected chi connectivity index (χ0v) is 16.8. The van der Waals surface area contributed by atoms with Crippen LogP contribution in [-0.2, 0) is 14.3 Å². The van der Waals surface area contributed by atoms with Gasteiger partial charge >= 0.3 is 5.97 Å². The number of amides is 2. The van der Waals surface area contributed by atoms with E-state index in [1.54, 1.807) is 18.2 Å². The molecule has 0 saturated heterocycles. The van der Waals surface area contributed by atoms with Crippen LogP contribution in [0.2, 0.25) is 0 Å². The van der Waals surface area contributed by atoms with Crippen LogP contribution in [0.3, 0.4) is 0 Å². The Kier molecular flexibility index (Phi) is 9.52. The molecule has 0 aromatic heterocycles. The molecule has 2 amide bonds. The maximum absolute atomic E-state index is 12.4. The third-order valence-electron chi connectivity index (χ3n) is 5.19. The molecule has 28 heavy (non-hydrogen) atoms. The molecular formula is C22H32N2O4. The molecule has 0 aliphatic heterocycles. The van der Waals surface area contributed by atoms with Crippen LogP contribution in [-0.4, -0.2) is 31.4 Å². The summed E-state index contributed by atoms with van der Waals surface area (Å²) in [6.07, 6.45) is 9.35. The van der Waals surface area contributed by atoms with E-state index in [1.165, 1.54) is 13.5 Å². The molecule has 0 atom stereocenters. The highest BCUT2D eigenvalue weighted by molar-refractivity contribution is 5.97. The summed E-state index contributed by atoms with van der Waals surface area (Å²) in [5.41, 5.74) is 1.22. The van der Waals surface area contributed by atoms with Gasteiger partial charge in [-0.1, -0.05) is 38.2 Å². The number of hydrogen-bond acceptors (Lipinski definition) is 4. The number of nitrogens with one attached hydrogen (secondary N) is 2. The minimum Gasteiger partial charge on any atom is -0.469 e. The number of carbonyl (C=O) groups excluding carboxylic acids is 3. The second-order valence-corrected chi connectivity index (χ2v) is 7.40. The summed E-state index contributed by atoms with van der Waals surface area (Å²) in [5.74, 6) is -0.165. The van der Waals surface area contributed by atoms with Gasteiger partial charge in [0.2, 0.25) is 5.91 Å². The molecule has 1 aliphatic carbocycles. The third-order valence-corrected chi connectivity index (χ3v) is 5.19. The lowest BCUT2D eigenvalue weighted by Crippen LogP contribution is -2.26. The zero-order valence-electron chi connectivity index (χ0n) is 16.8. The van der Waals surface area contributed by atoms with Crippen LogP contribution in [0.15, 0.2) is 24.3 Å². The molecule has 1 aromatic carbocycles. The van der Waals surface area contributed by atoms with Crippen molar-refractivity contribution in [2.24, 2.45) is 5.92 Å². The molecule has 154 valence electrons. The summed E-state index contributed by atoms with van der Waals surface area (Å²) in [4.78, 5) is 35.7. The van der Waals surface area contributed by atoms with Gasteiger partial charge in [0.1, 0.15) is 0 Å². The van der Waals surface area contributed by atoms with Gasteiger partial charge in [-0.3, -0.25) is 14.4 Å². The van der Waals surface area contributed by atoms with Gasteiger partial charge in [-0.2, -0.15) is 0 Å². The number of methoxy groups -OCH3 is 1. The zero-order chi connectivity index (χ0) is 20.2. The molecule has 1 aromatic rings. The van der Waals surface area contributed by atoms with Crippen LogP contribution in [0.25, 0.3) is 0 Å². The maximum atomic E-state index is 12.4. The van der Waals surface area contributed by atoms with Crippen LogP contribution < -0.4 is 10.6 Å². The van der Waals surface area contributed by atoms with E-state index in [2.05, 4.69) is 15.4 Å². The largest absolute Gasteiger partial charge is 0.469 e. The molecule has 1 saturated carbocycles. The van der Waals surface area contributed by atoms with Gasteiger partial charge in [0.05, 0.1) is 7.11 Å². The van der Waals surface area contributed by atoms with E-state index in [4.69, 9.17) is 0 Å². The van der Waals surface area contributed by atoms with Crippen molar-refractivity contribution < 1.29 is 19.1 Å². The highest BCUT2D eigenvalue weighted by Crippen LogP contribution is 2.25. The molecular weight excluding hydrogens is 356 g/mol. The van der Waals surface area contributed by atoms with Crippen LogP contribution >= 0.6 is 0 Å². The molecule has 6 nitrogen and oxygen atoms in total. The fourth-order valence-electron chi connectivity index (χ4n) is 3.50. The lowest BCUT2D eigenvalue weighted by atomic mass is 9.88.